The minimum Gasteiger partial charge on any atom is -0.375 e. The van der Waals surface area contributed by atoms with Crippen molar-refractivity contribution in [2.75, 3.05) is 31.4 Å². The molecule has 2 aromatic rings. The van der Waals surface area contributed by atoms with Gasteiger partial charge in [-0.3, -0.25) is 4.79 Å². The van der Waals surface area contributed by atoms with Crippen molar-refractivity contribution in [2.45, 2.75) is 13.0 Å². The average molecular weight is 341 g/mol. The Morgan fingerprint density at radius 1 is 1.04 bits per heavy atom. The van der Waals surface area contributed by atoms with Crippen LogP contribution in [0.2, 0.25) is 0 Å². The van der Waals surface area contributed by atoms with E-state index in [0.29, 0.717) is 11.4 Å². The van der Waals surface area contributed by atoms with Gasteiger partial charge in [0.1, 0.15) is 6.61 Å². The second kappa shape index (κ2) is 8.84. The van der Waals surface area contributed by atoms with Crippen molar-refractivity contribution in [1.29, 1.82) is 0 Å². The molecule has 3 amide bonds. The molecule has 0 saturated carbocycles. The van der Waals surface area contributed by atoms with E-state index in [2.05, 4.69) is 10.6 Å². The molecule has 0 radical (unpaired) electrons. The van der Waals surface area contributed by atoms with Gasteiger partial charge >= 0.3 is 6.03 Å². The predicted octanol–water partition coefficient (Wildman–Crippen LogP) is 3.50. The van der Waals surface area contributed by atoms with E-state index in [1.165, 1.54) is 7.11 Å². The zero-order valence-electron chi connectivity index (χ0n) is 14.7. The van der Waals surface area contributed by atoms with Gasteiger partial charge in [0.25, 0.3) is 0 Å². The fraction of sp³-hybridized carbons (Fsp3) is 0.263. The Hall–Kier alpha value is -2.86. The Morgan fingerprint density at radius 2 is 1.68 bits per heavy atom. The third-order valence-corrected chi connectivity index (χ3v) is 3.86. The maximum absolute atomic E-state index is 12.5. The summed E-state index contributed by atoms with van der Waals surface area (Å²) in [6.45, 7) is 1.95. The van der Waals surface area contributed by atoms with Gasteiger partial charge in [-0.15, -0.1) is 0 Å². The molecule has 1 atom stereocenters. The number of hydrogen-bond acceptors (Lipinski definition) is 3. The number of nitrogens with one attached hydrogen (secondary N) is 2. The first kappa shape index (κ1) is 18.5. The molecular formula is C19H23N3O3. The Bertz CT molecular complexity index is 719. The average Bonchev–Trinajstić information content (AvgIpc) is 2.61. The van der Waals surface area contributed by atoms with Gasteiger partial charge in [-0.25, -0.2) is 4.79 Å². The molecule has 0 aromatic heterocycles. The summed E-state index contributed by atoms with van der Waals surface area (Å²) < 4.78 is 4.78. The zero-order chi connectivity index (χ0) is 18.2. The van der Waals surface area contributed by atoms with Crippen molar-refractivity contribution in [1.82, 2.24) is 4.90 Å². The number of hydrogen-bond donors (Lipinski definition) is 2. The summed E-state index contributed by atoms with van der Waals surface area (Å²) in [4.78, 5) is 25.7. The Labute approximate surface area is 147 Å². The van der Waals surface area contributed by atoms with Crippen LogP contribution in [-0.2, 0) is 9.53 Å². The largest absolute Gasteiger partial charge is 0.375 e. The van der Waals surface area contributed by atoms with Crippen molar-refractivity contribution in [3.8, 4) is 0 Å². The third kappa shape index (κ3) is 5.32. The van der Waals surface area contributed by atoms with Crippen molar-refractivity contribution in [2.24, 2.45) is 0 Å². The normalized spacial score (nSPS) is 11.5. The lowest BCUT2D eigenvalue weighted by Gasteiger charge is -2.25. The smallest absolute Gasteiger partial charge is 0.322 e. The number of carbonyl (C=O) groups excluding carboxylic acids is 2. The van der Waals surface area contributed by atoms with Gasteiger partial charge in [0.15, 0.2) is 0 Å². The molecule has 0 aliphatic carbocycles. The monoisotopic (exact) mass is 341 g/mol. The van der Waals surface area contributed by atoms with Crippen molar-refractivity contribution in [3.05, 3.63) is 60.2 Å². The number of methoxy groups -OCH3 is 1. The van der Waals surface area contributed by atoms with Crippen LogP contribution in [0.5, 0.6) is 0 Å². The molecule has 2 rings (SSSR count). The van der Waals surface area contributed by atoms with Crippen LogP contribution < -0.4 is 10.6 Å². The maximum Gasteiger partial charge on any atom is 0.322 e. The molecule has 2 N–H and O–H groups in total. The standard InChI is InChI=1S/C19H23N3O3/c1-14(15-8-5-4-6-9-15)22(2)19(24)21-17-11-7-10-16(12-17)20-18(23)13-25-3/h4-12,14H,13H2,1-3H3,(H,20,23)(H,21,24). The van der Waals surface area contributed by atoms with Gasteiger partial charge in [-0.05, 0) is 30.7 Å². The van der Waals surface area contributed by atoms with Crippen LogP contribution in [0.25, 0.3) is 0 Å². The quantitative estimate of drug-likeness (QED) is 0.845. The molecule has 132 valence electrons. The van der Waals surface area contributed by atoms with Crippen LogP contribution in [0.4, 0.5) is 16.2 Å². The summed E-state index contributed by atoms with van der Waals surface area (Å²) in [6, 6.07) is 16.5. The third-order valence-electron chi connectivity index (χ3n) is 3.86. The number of nitrogens with zero attached hydrogens (tertiary/aromatic N) is 1. The van der Waals surface area contributed by atoms with Crippen molar-refractivity contribution >= 4 is 23.3 Å². The lowest BCUT2D eigenvalue weighted by molar-refractivity contribution is -0.119. The van der Waals surface area contributed by atoms with E-state index in [1.54, 1.807) is 36.2 Å². The number of benzene rings is 2. The number of anilines is 2. The van der Waals surface area contributed by atoms with E-state index in [-0.39, 0.29) is 24.6 Å². The van der Waals surface area contributed by atoms with Crippen LogP contribution in [0, 0.1) is 0 Å². The van der Waals surface area contributed by atoms with Crippen LogP contribution in [0.15, 0.2) is 54.6 Å². The Kier molecular flexibility index (Phi) is 6.54. The van der Waals surface area contributed by atoms with Crippen LogP contribution in [-0.4, -0.2) is 37.6 Å². The maximum atomic E-state index is 12.5. The summed E-state index contributed by atoms with van der Waals surface area (Å²) in [5.74, 6) is -0.249. The first-order valence-corrected chi connectivity index (χ1v) is 7.99. The number of ether oxygens (including phenoxy) is 1. The van der Waals surface area contributed by atoms with E-state index in [9.17, 15) is 9.59 Å². The molecule has 6 nitrogen and oxygen atoms in total. The molecule has 0 spiro atoms. The van der Waals surface area contributed by atoms with Gasteiger partial charge in [-0.1, -0.05) is 36.4 Å². The SMILES string of the molecule is COCC(=O)Nc1cccc(NC(=O)N(C)C(C)c2ccccc2)c1. The van der Waals surface area contributed by atoms with Gasteiger partial charge in [0.2, 0.25) is 5.91 Å². The van der Waals surface area contributed by atoms with Gasteiger partial charge in [0.05, 0.1) is 6.04 Å². The zero-order valence-corrected chi connectivity index (χ0v) is 14.7. The fourth-order valence-corrected chi connectivity index (χ4v) is 2.35. The molecule has 0 heterocycles. The summed E-state index contributed by atoms with van der Waals surface area (Å²) >= 11 is 0. The topological polar surface area (TPSA) is 70.7 Å². The lowest BCUT2D eigenvalue weighted by Crippen LogP contribution is -2.33. The molecule has 1 unspecified atom stereocenters. The number of amides is 3. The second-order valence-electron chi connectivity index (χ2n) is 5.69. The van der Waals surface area contributed by atoms with E-state index in [0.717, 1.165) is 5.56 Å². The molecule has 0 fully saturated rings. The highest BCUT2D eigenvalue weighted by atomic mass is 16.5. The van der Waals surface area contributed by atoms with Crippen molar-refractivity contribution < 1.29 is 14.3 Å². The number of rotatable bonds is 6. The molecule has 0 aliphatic heterocycles. The molecule has 0 aliphatic rings. The van der Waals surface area contributed by atoms with E-state index >= 15 is 0 Å². The lowest BCUT2D eigenvalue weighted by atomic mass is 10.1. The van der Waals surface area contributed by atoms with Crippen LogP contribution in [0.3, 0.4) is 0 Å². The first-order valence-electron chi connectivity index (χ1n) is 7.99. The highest BCUT2D eigenvalue weighted by Crippen LogP contribution is 2.20. The molecular weight excluding hydrogens is 318 g/mol. The minimum absolute atomic E-state index is 0.0199. The predicted molar refractivity (Wildman–Crippen MR) is 98.6 cm³/mol. The summed E-state index contributed by atoms with van der Waals surface area (Å²) in [5.41, 5.74) is 2.26. The molecule has 0 saturated heterocycles. The summed E-state index contributed by atoms with van der Waals surface area (Å²) in [5, 5.41) is 5.55. The van der Waals surface area contributed by atoms with Crippen LogP contribution >= 0.6 is 0 Å². The van der Waals surface area contributed by atoms with Crippen molar-refractivity contribution in [3.63, 3.8) is 0 Å². The second-order valence-corrected chi connectivity index (χ2v) is 5.69. The van der Waals surface area contributed by atoms with Gasteiger partial charge in [0, 0.05) is 25.5 Å². The minimum atomic E-state index is -0.249. The molecule has 6 heteroatoms. The summed E-state index contributed by atoms with van der Waals surface area (Å²) in [7, 11) is 3.21. The highest BCUT2D eigenvalue weighted by molar-refractivity contribution is 5.94. The Morgan fingerprint density at radius 3 is 2.32 bits per heavy atom. The highest BCUT2D eigenvalue weighted by Gasteiger charge is 2.17. The number of carbonyl (C=O) groups is 2. The van der Waals surface area contributed by atoms with Gasteiger partial charge < -0.3 is 20.3 Å². The van der Waals surface area contributed by atoms with E-state index in [1.807, 2.05) is 37.3 Å². The first-order chi connectivity index (χ1) is 12.0. The number of urea groups is 1. The summed E-state index contributed by atoms with van der Waals surface area (Å²) in [6.07, 6.45) is 0. The molecule has 2 aromatic carbocycles. The molecule has 25 heavy (non-hydrogen) atoms. The molecule has 0 bridgehead atoms. The van der Waals surface area contributed by atoms with E-state index in [4.69, 9.17) is 4.74 Å². The Balaban J connectivity index is 2.01. The van der Waals surface area contributed by atoms with Gasteiger partial charge in [-0.2, -0.15) is 0 Å². The van der Waals surface area contributed by atoms with E-state index < -0.39 is 0 Å². The van der Waals surface area contributed by atoms with Crippen LogP contribution in [0.1, 0.15) is 18.5 Å². The fourth-order valence-electron chi connectivity index (χ4n) is 2.35.